The summed E-state index contributed by atoms with van der Waals surface area (Å²) >= 11 is 6.53. The summed E-state index contributed by atoms with van der Waals surface area (Å²) in [4.78, 5) is 15.1. The zero-order valence-corrected chi connectivity index (χ0v) is 13.9. The number of hydrogen-bond acceptors (Lipinski definition) is 1. The van der Waals surface area contributed by atoms with Crippen molar-refractivity contribution in [1.29, 1.82) is 0 Å². The molecule has 0 saturated carbocycles. The zero-order valence-electron chi connectivity index (χ0n) is 13.2. The molecule has 1 aliphatic heterocycles. The van der Waals surface area contributed by atoms with E-state index in [0.717, 1.165) is 17.4 Å². The topological polar surface area (TPSA) is 30.2 Å². The van der Waals surface area contributed by atoms with E-state index in [9.17, 15) is 4.79 Å². The Morgan fingerprint density at radius 2 is 1.96 bits per heavy atom. The van der Waals surface area contributed by atoms with Gasteiger partial charge < -0.3 is 14.0 Å². The van der Waals surface area contributed by atoms with Crippen LogP contribution in [0.5, 0.6) is 0 Å². The summed E-state index contributed by atoms with van der Waals surface area (Å²) in [6.07, 6.45) is 2.07. The molecule has 118 valence electrons. The lowest BCUT2D eigenvalue weighted by Gasteiger charge is -2.35. The summed E-state index contributed by atoms with van der Waals surface area (Å²) in [7, 11) is 1.90. The first-order valence-corrected chi connectivity index (χ1v) is 8.16. The number of aryl methyl sites for hydroxylation is 1. The van der Waals surface area contributed by atoms with Crippen molar-refractivity contribution in [2.24, 2.45) is 7.05 Å². The fraction of sp³-hybridized carbons (Fsp3) is 0.278. The molecule has 0 N–H and O–H groups in total. The van der Waals surface area contributed by atoms with Crippen molar-refractivity contribution in [3.05, 3.63) is 59.0 Å². The molecule has 4 rings (SSSR count). The maximum Gasteiger partial charge on any atom is 0.272 e. The third kappa shape index (κ3) is 2.01. The monoisotopic (exact) mass is 327 g/mol. The third-order valence-electron chi connectivity index (χ3n) is 4.85. The number of amides is 1. The van der Waals surface area contributed by atoms with Gasteiger partial charge in [0.25, 0.3) is 5.91 Å². The molecule has 0 fully saturated rings. The standard InChI is InChI=1S/C18H18ClN3O/c1-12-14-8-5-9-21(14)10-11-22(12)18(23)17-16(19)13-6-3-4-7-15(13)20(17)2/h3-9,12H,10-11H2,1-2H3. The lowest BCUT2D eigenvalue weighted by atomic mass is 10.1. The summed E-state index contributed by atoms with van der Waals surface area (Å²) in [5.74, 6) is -0.00588. The van der Waals surface area contributed by atoms with Gasteiger partial charge in [0.15, 0.2) is 0 Å². The molecule has 3 aromatic rings. The van der Waals surface area contributed by atoms with Crippen LogP contribution < -0.4 is 0 Å². The van der Waals surface area contributed by atoms with Gasteiger partial charge in [-0.05, 0) is 25.1 Å². The maximum absolute atomic E-state index is 13.2. The number of fused-ring (bicyclic) bond motifs is 2. The summed E-state index contributed by atoms with van der Waals surface area (Å²) < 4.78 is 4.11. The van der Waals surface area contributed by atoms with Crippen LogP contribution in [-0.4, -0.2) is 26.5 Å². The predicted octanol–water partition coefficient (Wildman–Crippen LogP) is 3.85. The molecule has 5 heteroatoms. The van der Waals surface area contributed by atoms with Gasteiger partial charge in [0.2, 0.25) is 0 Å². The van der Waals surface area contributed by atoms with E-state index in [2.05, 4.69) is 23.8 Å². The third-order valence-corrected chi connectivity index (χ3v) is 5.23. The van der Waals surface area contributed by atoms with Gasteiger partial charge in [0.1, 0.15) is 5.69 Å². The number of carbonyl (C=O) groups is 1. The van der Waals surface area contributed by atoms with Crippen molar-refractivity contribution >= 4 is 28.4 Å². The molecule has 0 radical (unpaired) electrons. The Balaban J connectivity index is 1.79. The second-order valence-corrected chi connectivity index (χ2v) is 6.42. The van der Waals surface area contributed by atoms with E-state index >= 15 is 0 Å². The number of rotatable bonds is 1. The van der Waals surface area contributed by atoms with Crippen LogP contribution in [-0.2, 0) is 13.6 Å². The Labute approximate surface area is 139 Å². The van der Waals surface area contributed by atoms with Gasteiger partial charge in [-0.25, -0.2) is 0 Å². The van der Waals surface area contributed by atoms with Crippen LogP contribution in [0.25, 0.3) is 10.9 Å². The fourth-order valence-electron chi connectivity index (χ4n) is 3.58. The van der Waals surface area contributed by atoms with Crippen LogP contribution in [0.15, 0.2) is 42.6 Å². The number of benzene rings is 1. The van der Waals surface area contributed by atoms with Gasteiger partial charge in [-0.3, -0.25) is 4.79 Å². The highest BCUT2D eigenvalue weighted by Gasteiger charge is 2.31. The van der Waals surface area contributed by atoms with E-state index in [1.165, 1.54) is 5.69 Å². The van der Waals surface area contributed by atoms with Gasteiger partial charge in [0.05, 0.1) is 11.1 Å². The van der Waals surface area contributed by atoms with Gasteiger partial charge in [-0.15, -0.1) is 0 Å². The number of para-hydroxylation sites is 1. The SMILES string of the molecule is CC1c2cccn2CCN1C(=O)c1c(Cl)c2ccccc2n1C. The number of hydrogen-bond donors (Lipinski definition) is 0. The van der Waals surface area contributed by atoms with E-state index < -0.39 is 0 Å². The summed E-state index contributed by atoms with van der Waals surface area (Å²) in [5, 5.41) is 1.47. The largest absolute Gasteiger partial charge is 0.348 e. The van der Waals surface area contributed by atoms with Crippen LogP contribution in [0.4, 0.5) is 0 Å². The predicted molar refractivity (Wildman–Crippen MR) is 91.8 cm³/mol. The Morgan fingerprint density at radius 1 is 1.17 bits per heavy atom. The van der Waals surface area contributed by atoms with Gasteiger partial charge in [-0.2, -0.15) is 0 Å². The van der Waals surface area contributed by atoms with Gasteiger partial charge in [0, 0.05) is 42.9 Å². The van der Waals surface area contributed by atoms with Crippen LogP contribution >= 0.6 is 11.6 Å². The molecular formula is C18H18ClN3O. The van der Waals surface area contributed by atoms with E-state index in [4.69, 9.17) is 11.6 Å². The molecule has 1 unspecified atom stereocenters. The van der Waals surface area contributed by atoms with Crippen LogP contribution in [0, 0.1) is 0 Å². The van der Waals surface area contributed by atoms with Gasteiger partial charge >= 0.3 is 0 Å². The van der Waals surface area contributed by atoms with E-state index in [1.54, 1.807) is 0 Å². The highest BCUT2D eigenvalue weighted by molar-refractivity contribution is 6.38. The Kier molecular flexibility index (Phi) is 3.23. The van der Waals surface area contributed by atoms with Crippen LogP contribution in [0.1, 0.15) is 29.1 Å². The maximum atomic E-state index is 13.2. The molecule has 1 atom stereocenters. The second-order valence-electron chi connectivity index (χ2n) is 6.04. The molecule has 0 saturated heterocycles. The number of carbonyl (C=O) groups excluding carboxylic acids is 1. The number of aromatic nitrogens is 2. The van der Waals surface area contributed by atoms with Crippen molar-refractivity contribution in [2.45, 2.75) is 19.5 Å². The molecule has 3 heterocycles. The Bertz CT molecular complexity index is 869. The lowest BCUT2D eigenvalue weighted by molar-refractivity contribution is 0.0635. The Hall–Kier alpha value is -2.20. The highest BCUT2D eigenvalue weighted by Crippen LogP contribution is 2.33. The van der Waals surface area contributed by atoms with Crippen molar-refractivity contribution < 1.29 is 4.79 Å². The summed E-state index contributed by atoms with van der Waals surface area (Å²) in [5.41, 5.74) is 2.72. The molecule has 0 aliphatic carbocycles. The molecule has 1 aliphatic rings. The first-order chi connectivity index (χ1) is 11.1. The molecule has 4 nitrogen and oxygen atoms in total. The quantitative estimate of drug-likeness (QED) is 0.667. The normalized spacial score (nSPS) is 17.5. The molecule has 1 amide bonds. The smallest absolute Gasteiger partial charge is 0.272 e. The highest BCUT2D eigenvalue weighted by atomic mass is 35.5. The lowest BCUT2D eigenvalue weighted by Crippen LogP contribution is -2.41. The molecule has 0 spiro atoms. The zero-order chi connectivity index (χ0) is 16.1. The van der Waals surface area contributed by atoms with Crippen LogP contribution in [0.3, 0.4) is 0 Å². The summed E-state index contributed by atoms with van der Waals surface area (Å²) in [6.45, 7) is 3.58. The second kappa shape index (κ2) is 5.17. The van der Waals surface area contributed by atoms with E-state index in [1.807, 2.05) is 46.8 Å². The van der Waals surface area contributed by atoms with E-state index in [-0.39, 0.29) is 11.9 Å². The molecule has 2 aromatic heterocycles. The molecular weight excluding hydrogens is 310 g/mol. The van der Waals surface area contributed by atoms with Gasteiger partial charge in [-0.1, -0.05) is 29.8 Å². The number of halogens is 1. The average Bonchev–Trinajstić information content (AvgIpc) is 3.13. The van der Waals surface area contributed by atoms with Crippen molar-refractivity contribution in [3.8, 4) is 0 Å². The fourth-order valence-corrected chi connectivity index (χ4v) is 3.94. The van der Waals surface area contributed by atoms with Crippen molar-refractivity contribution in [2.75, 3.05) is 6.54 Å². The molecule has 23 heavy (non-hydrogen) atoms. The first kappa shape index (κ1) is 14.4. The minimum Gasteiger partial charge on any atom is -0.348 e. The number of nitrogens with zero attached hydrogens (tertiary/aromatic N) is 3. The average molecular weight is 328 g/mol. The molecule has 1 aromatic carbocycles. The van der Waals surface area contributed by atoms with E-state index in [0.29, 0.717) is 17.3 Å². The van der Waals surface area contributed by atoms with Crippen LogP contribution in [0.2, 0.25) is 5.02 Å². The first-order valence-electron chi connectivity index (χ1n) is 7.78. The summed E-state index contributed by atoms with van der Waals surface area (Å²) in [6, 6.07) is 12.0. The Morgan fingerprint density at radius 3 is 2.74 bits per heavy atom. The van der Waals surface area contributed by atoms with Crippen molar-refractivity contribution in [1.82, 2.24) is 14.0 Å². The molecule has 0 bridgehead atoms. The minimum absolute atomic E-state index is 0.00588. The minimum atomic E-state index is -0.00588. The van der Waals surface area contributed by atoms with Crippen molar-refractivity contribution in [3.63, 3.8) is 0 Å².